The molecule has 116 valence electrons. The summed E-state index contributed by atoms with van der Waals surface area (Å²) < 4.78 is 0. The maximum Gasteiger partial charge on any atom is 0.308 e. The van der Waals surface area contributed by atoms with E-state index in [4.69, 9.17) is 0 Å². The van der Waals surface area contributed by atoms with Crippen molar-refractivity contribution in [3.63, 3.8) is 0 Å². The Labute approximate surface area is 125 Å². The van der Waals surface area contributed by atoms with Crippen LogP contribution in [-0.2, 0) is 9.59 Å². The fourth-order valence-corrected chi connectivity index (χ4v) is 2.02. The molecule has 1 atom stereocenters. The van der Waals surface area contributed by atoms with Gasteiger partial charge in [0, 0.05) is 12.2 Å². The van der Waals surface area contributed by atoms with Gasteiger partial charge in [-0.05, 0) is 24.0 Å². The van der Waals surface area contributed by atoms with Crippen molar-refractivity contribution in [1.82, 2.24) is 5.32 Å². The predicted octanol–water partition coefficient (Wildman–Crippen LogP) is 2.35. The molecule has 1 rings (SSSR count). The first-order valence-corrected chi connectivity index (χ1v) is 7.06. The quantitative estimate of drug-likeness (QED) is 0.721. The smallest absolute Gasteiger partial charge is 0.308 e. The molecule has 0 fully saturated rings. The van der Waals surface area contributed by atoms with E-state index in [9.17, 15) is 14.7 Å². The van der Waals surface area contributed by atoms with Gasteiger partial charge < -0.3 is 15.7 Å². The summed E-state index contributed by atoms with van der Waals surface area (Å²) >= 11 is 0. The number of aliphatic carboxylic acids is 1. The Bertz CT molecular complexity index is 466. The summed E-state index contributed by atoms with van der Waals surface area (Å²) in [5.41, 5.74) is 0.771. The highest BCUT2D eigenvalue weighted by molar-refractivity contribution is 5.81. The first-order valence-electron chi connectivity index (χ1n) is 7.06. The van der Waals surface area contributed by atoms with Gasteiger partial charge in [0.2, 0.25) is 5.91 Å². The van der Waals surface area contributed by atoms with E-state index in [1.54, 1.807) is 0 Å². The minimum absolute atomic E-state index is 0.0872. The number of carboxylic acids is 1. The Morgan fingerprint density at radius 1 is 1.19 bits per heavy atom. The summed E-state index contributed by atoms with van der Waals surface area (Å²) in [6.45, 7) is 6.25. The van der Waals surface area contributed by atoms with Gasteiger partial charge in [-0.1, -0.05) is 39.0 Å². The first-order chi connectivity index (χ1) is 9.78. The average Bonchev–Trinajstić information content (AvgIpc) is 2.41. The minimum atomic E-state index is -0.874. The van der Waals surface area contributed by atoms with E-state index in [0.29, 0.717) is 6.42 Å². The van der Waals surface area contributed by atoms with Gasteiger partial charge in [-0.15, -0.1) is 0 Å². The van der Waals surface area contributed by atoms with Crippen LogP contribution in [0.2, 0.25) is 0 Å². The van der Waals surface area contributed by atoms with Crippen molar-refractivity contribution in [3.8, 4) is 0 Å². The van der Waals surface area contributed by atoms with Gasteiger partial charge in [0.15, 0.2) is 0 Å². The van der Waals surface area contributed by atoms with Crippen molar-refractivity contribution in [3.05, 3.63) is 30.3 Å². The zero-order valence-electron chi connectivity index (χ0n) is 12.8. The third-order valence-corrected chi connectivity index (χ3v) is 2.98. The van der Waals surface area contributed by atoms with E-state index in [1.165, 1.54) is 0 Å². The number of hydrogen-bond donors (Lipinski definition) is 3. The second-order valence-corrected chi connectivity index (χ2v) is 6.32. The van der Waals surface area contributed by atoms with Crippen molar-refractivity contribution < 1.29 is 14.7 Å². The Morgan fingerprint density at radius 3 is 2.33 bits per heavy atom. The van der Waals surface area contributed by atoms with E-state index >= 15 is 0 Å². The van der Waals surface area contributed by atoms with Crippen LogP contribution < -0.4 is 10.6 Å². The molecular weight excluding hydrogens is 268 g/mol. The highest BCUT2D eigenvalue weighted by atomic mass is 16.4. The highest BCUT2D eigenvalue weighted by Gasteiger charge is 2.24. The molecule has 0 saturated heterocycles. The van der Waals surface area contributed by atoms with Crippen molar-refractivity contribution in [2.24, 2.45) is 11.3 Å². The van der Waals surface area contributed by atoms with Crippen LogP contribution in [0.4, 0.5) is 5.69 Å². The fraction of sp³-hybridized carbons (Fsp3) is 0.500. The molecule has 0 saturated carbocycles. The van der Waals surface area contributed by atoms with E-state index in [1.807, 2.05) is 51.1 Å². The maximum absolute atomic E-state index is 11.7. The zero-order chi connectivity index (χ0) is 15.9. The molecule has 0 bridgehead atoms. The van der Waals surface area contributed by atoms with E-state index in [2.05, 4.69) is 10.6 Å². The zero-order valence-corrected chi connectivity index (χ0v) is 12.8. The molecule has 0 aliphatic carbocycles. The van der Waals surface area contributed by atoms with Crippen LogP contribution in [0, 0.1) is 11.3 Å². The number of amides is 1. The van der Waals surface area contributed by atoms with Crippen LogP contribution in [0.3, 0.4) is 0 Å². The normalized spacial score (nSPS) is 12.5. The number of carboxylic acid groups (broad SMARTS) is 1. The van der Waals surface area contributed by atoms with E-state index in [0.717, 1.165) is 5.69 Å². The van der Waals surface area contributed by atoms with Crippen molar-refractivity contribution >= 4 is 17.6 Å². The summed E-state index contributed by atoms with van der Waals surface area (Å²) in [5.74, 6) is -1.65. The van der Waals surface area contributed by atoms with Gasteiger partial charge in [0.1, 0.15) is 0 Å². The van der Waals surface area contributed by atoms with Crippen LogP contribution in [0.25, 0.3) is 0 Å². The van der Waals surface area contributed by atoms with E-state index in [-0.39, 0.29) is 24.4 Å². The molecule has 1 unspecified atom stereocenters. The molecule has 0 aliphatic heterocycles. The van der Waals surface area contributed by atoms with Crippen molar-refractivity contribution in [2.45, 2.75) is 27.2 Å². The molecular formula is C16H24N2O3. The number of carbonyl (C=O) groups excluding carboxylic acids is 1. The van der Waals surface area contributed by atoms with Crippen LogP contribution in [0.15, 0.2) is 30.3 Å². The van der Waals surface area contributed by atoms with Crippen LogP contribution in [0.1, 0.15) is 27.2 Å². The lowest BCUT2D eigenvalue weighted by Gasteiger charge is -2.23. The number of benzene rings is 1. The van der Waals surface area contributed by atoms with Crippen LogP contribution in [0.5, 0.6) is 0 Å². The molecule has 0 spiro atoms. The Hall–Kier alpha value is -2.04. The first kappa shape index (κ1) is 17.0. The van der Waals surface area contributed by atoms with Gasteiger partial charge in [0.05, 0.1) is 12.5 Å². The molecule has 21 heavy (non-hydrogen) atoms. The molecule has 5 heteroatoms. The highest BCUT2D eigenvalue weighted by Crippen LogP contribution is 2.24. The lowest BCUT2D eigenvalue weighted by molar-refractivity contribution is -0.142. The van der Waals surface area contributed by atoms with Gasteiger partial charge in [-0.3, -0.25) is 9.59 Å². The summed E-state index contributed by atoms with van der Waals surface area (Å²) in [7, 11) is 0. The third kappa shape index (κ3) is 7.34. The molecule has 0 heterocycles. The molecule has 5 nitrogen and oxygen atoms in total. The number of carbonyl (C=O) groups is 2. The number of rotatable bonds is 7. The molecule has 1 aromatic rings. The lowest BCUT2D eigenvalue weighted by atomic mass is 9.84. The molecule has 1 aromatic carbocycles. The van der Waals surface area contributed by atoms with E-state index < -0.39 is 11.9 Å². The van der Waals surface area contributed by atoms with Gasteiger partial charge >= 0.3 is 5.97 Å². The average molecular weight is 292 g/mol. The molecule has 0 aromatic heterocycles. The Kier molecular flexibility index (Phi) is 6.21. The number of anilines is 1. The third-order valence-electron chi connectivity index (χ3n) is 2.98. The second-order valence-electron chi connectivity index (χ2n) is 6.32. The molecule has 1 amide bonds. The second kappa shape index (κ2) is 7.67. The van der Waals surface area contributed by atoms with Gasteiger partial charge in [0.25, 0.3) is 0 Å². The molecule has 0 radical (unpaired) electrons. The minimum Gasteiger partial charge on any atom is -0.481 e. The number of nitrogens with one attached hydrogen (secondary N) is 2. The fourth-order valence-electron chi connectivity index (χ4n) is 2.02. The van der Waals surface area contributed by atoms with Crippen molar-refractivity contribution in [2.75, 3.05) is 18.4 Å². The van der Waals surface area contributed by atoms with Crippen LogP contribution in [-0.4, -0.2) is 30.1 Å². The Morgan fingerprint density at radius 2 is 1.81 bits per heavy atom. The van der Waals surface area contributed by atoms with Crippen molar-refractivity contribution in [1.29, 1.82) is 0 Å². The van der Waals surface area contributed by atoms with Gasteiger partial charge in [-0.25, -0.2) is 0 Å². The van der Waals surface area contributed by atoms with Gasteiger partial charge in [-0.2, -0.15) is 0 Å². The largest absolute Gasteiger partial charge is 0.481 e. The summed E-state index contributed by atoms with van der Waals surface area (Å²) in [5, 5.41) is 14.9. The summed E-state index contributed by atoms with van der Waals surface area (Å²) in [6.07, 6.45) is 0.523. The predicted molar refractivity (Wildman–Crippen MR) is 83.1 cm³/mol. The monoisotopic (exact) mass is 292 g/mol. The Balaban J connectivity index is 2.38. The topological polar surface area (TPSA) is 78.4 Å². The number of hydrogen-bond acceptors (Lipinski definition) is 3. The van der Waals surface area contributed by atoms with Crippen LogP contribution >= 0.6 is 0 Å². The maximum atomic E-state index is 11.7. The SMILES string of the molecule is CC(C)(C)CC(CNC(=O)CNc1ccccc1)C(=O)O. The summed E-state index contributed by atoms with van der Waals surface area (Å²) in [6, 6.07) is 9.39. The summed E-state index contributed by atoms with van der Waals surface area (Å²) in [4.78, 5) is 22.9. The lowest BCUT2D eigenvalue weighted by Crippen LogP contribution is -2.37. The standard InChI is InChI=1S/C16H24N2O3/c1-16(2,3)9-12(15(20)21)10-18-14(19)11-17-13-7-5-4-6-8-13/h4-8,12,17H,9-11H2,1-3H3,(H,18,19)(H,20,21). The number of para-hydroxylation sites is 1. The molecule has 3 N–H and O–H groups in total. The molecule has 0 aliphatic rings.